The van der Waals surface area contributed by atoms with Crippen molar-refractivity contribution in [1.29, 1.82) is 0 Å². The van der Waals surface area contributed by atoms with Crippen LogP contribution in [0, 0.1) is 5.82 Å². The van der Waals surface area contributed by atoms with Gasteiger partial charge in [-0.1, -0.05) is 38.1 Å². The number of rotatable bonds is 3. The number of methoxy groups -OCH3 is 1. The Labute approximate surface area is 157 Å². The van der Waals surface area contributed by atoms with Gasteiger partial charge in [0, 0.05) is 29.2 Å². The van der Waals surface area contributed by atoms with E-state index in [0.717, 1.165) is 11.1 Å². The molecule has 0 amide bonds. The van der Waals surface area contributed by atoms with Gasteiger partial charge in [-0.15, -0.1) is 0 Å². The molecular weight excluding hydrogens is 343 g/mol. The van der Waals surface area contributed by atoms with Gasteiger partial charge < -0.3 is 4.74 Å². The molecular formula is C22H21FN2O2. The Bertz CT molecular complexity index is 1010. The van der Waals surface area contributed by atoms with Crippen LogP contribution in [0.1, 0.15) is 35.5 Å². The van der Waals surface area contributed by atoms with Gasteiger partial charge in [-0.25, -0.2) is 4.39 Å². The Morgan fingerprint density at radius 2 is 1.89 bits per heavy atom. The number of carbonyl (C=O) groups is 1. The number of nitrogens with zero attached hydrogens (tertiary/aromatic N) is 1. The first-order valence-electron chi connectivity index (χ1n) is 8.88. The van der Waals surface area contributed by atoms with Crippen LogP contribution in [0.3, 0.4) is 0 Å². The highest BCUT2D eigenvalue weighted by molar-refractivity contribution is 6.15. The van der Waals surface area contributed by atoms with Crippen molar-refractivity contribution in [2.75, 3.05) is 7.11 Å². The molecule has 1 N–H and O–H groups in total. The maximum Gasteiger partial charge on any atom is 0.189 e. The maximum absolute atomic E-state index is 14.2. The summed E-state index contributed by atoms with van der Waals surface area (Å²) in [5, 5.41) is 7.02. The Morgan fingerprint density at radius 3 is 2.59 bits per heavy atom. The number of Topliss-reactive ketones (excluding diaryl/α,β-unsaturated/α-hetero) is 1. The zero-order valence-electron chi connectivity index (χ0n) is 15.5. The number of aromatic nitrogens is 2. The van der Waals surface area contributed by atoms with E-state index < -0.39 is 5.82 Å². The van der Waals surface area contributed by atoms with Crippen molar-refractivity contribution in [3.63, 3.8) is 0 Å². The van der Waals surface area contributed by atoms with E-state index in [2.05, 4.69) is 10.2 Å². The molecule has 0 aliphatic heterocycles. The summed E-state index contributed by atoms with van der Waals surface area (Å²) in [4.78, 5) is 12.4. The number of hydrogen-bond acceptors (Lipinski definition) is 3. The number of nitrogens with one attached hydrogen (secondary N) is 1. The summed E-state index contributed by atoms with van der Waals surface area (Å²) in [6.07, 6.45) is 2.38. The minimum atomic E-state index is -0.408. The summed E-state index contributed by atoms with van der Waals surface area (Å²) in [5.74, 6) is 0.0743. The van der Waals surface area contributed by atoms with Gasteiger partial charge in [0.2, 0.25) is 0 Å². The summed E-state index contributed by atoms with van der Waals surface area (Å²) in [6.45, 7) is 4.00. The third-order valence-corrected chi connectivity index (χ3v) is 4.31. The summed E-state index contributed by atoms with van der Waals surface area (Å²) in [7, 11) is 1.49. The molecule has 0 fully saturated rings. The van der Waals surface area contributed by atoms with Gasteiger partial charge in [0.05, 0.1) is 18.5 Å². The molecule has 0 bridgehead atoms. The molecule has 4 rings (SSSR count). The van der Waals surface area contributed by atoms with Crippen LogP contribution in [0.5, 0.6) is 5.75 Å². The predicted octanol–water partition coefficient (Wildman–Crippen LogP) is 5.07. The van der Waals surface area contributed by atoms with Gasteiger partial charge in [0.25, 0.3) is 0 Å². The van der Waals surface area contributed by atoms with Crippen molar-refractivity contribution in [1.82, 2.24) is 10.2 Å². The molecule has 0 spiro atoms. The lowest BCUT2D eigenvalue weighted by molar-refractivity contribution is 0.104. The third-order valence-electron chi connectivity index (χ3n) is 4.31. The number of fused-ring (bicyclic) bond motifs is 1. The van der Waals surface area contributed by atoms with Gasteiger partial charge in [0.15, 0.2) is 5.78 Å². The number of allylic oxidation sites excluding steroid dienone is 1. The molecule has 138 valence electrons. The molecule has 1 aliphatic rings. The Hall–Kier alpha value is -3.21. The van der Waals surface area contributed by atoms with E-state index in [4.69, 9.17) is 4.74 Å². The standard InChI is InChI=1S/C20H15FN2O2.C2H6/c1-25-15-6-7-17(18(21)11-15)19-10-14(22-23-19)9-13-8-12-4-2-3-5-16(12)20(13)24;1-2/h2-7,9-11H,8H2,1H3,(H,22,23);1-2H3/b13-9+;. The molecule has 0 radical (unpaired) electrons. The molecule has 4 nitrogen and oxygen atoms in total. The number of carbonyl (C=O) groups excluding carboxylic acids is 1. The monoisotopic (exact) mass is 364 g/mol. The van der Waals surface area contributed by atoms with E-state index in [9.17, 15) is 9.18 Å². The first-order valence-corrected chi connectivity index (χ1v) is 8.88. The molecule has 0 unspecified atom stereocenters. The molecule has 0 atom stereocenters. The maximum atomic E-state index is 14.2. The van der Waals surface area contributed by atoms with E-state index in [0.29, 0.717) is 34.7 Å². The second-order valence-electron chi connectivity index (χ2n) is 5.89. The highest BCUT2D eigenvalue weighted by Crippen LogP contribution is 2.29. The van der Waals surface area contributed by atoms with Crippen molar-refractivity contribution in [2.45, 2.75) is 20.3 Å². The van der Waals surface area contributed by atoms with Gasteiger partial charge in [-0.05, 0) is 29.8 Å². The smallest absolute Gasteiger partial charge is 0.189 e. The topological polar surface area (TPSA) is 55.0 Å². The number of ether oxygens (including phenoxy) is 1. The van der Waals surface area contributed by atoms with Crippen molar-refractivity contribution in [3.8, 4) is 17.0 Å². The van der Waals surface area contributed by atoms with Gasteiger partial charge in [0.1, 0.15) is 11.6 Å². The van der Waals surface area contributed by atoms with Crippen LogP contribution >= 0.6 is 0 Å². The normalized spacial score (nSPS) is 13.9. The molecule has 0 saturated carbocycles. The SMILES string of the molecule is CC.COc1ccc(-c2cc(/C=C3\Cc4ccccc4C3=O)[nH]n2)c(F)c1. The second kappa shape index (κ2) is 7.99. The number of ketones is 1. The van der Waals surface area contributed by atoms with Gasteiger partial charge >= 0.3 is 0 Å². The molecule has 2 aromatic carbocycles. The Kier molecular flexibility index (Phi) is 5.50. The van der Waals surface area contributed by atoms with E-state index >= 15 is 0 Å². The largest absolute Gasteiger partial charge is 0.497 e. The van der Waals surface area contributed by atoms with Crippen molar-refractivity contribution >= 4 is 11.9 Å². The average molecular weight is 364 g/mol. The summed E-state index contributed by atoms with van der Waals surface area (Å²) < 4.78 is 19.2. The van der Waals surface area contributed by atoms with Crippen LogP contribution in [-0.4, -0.2) is 23.1 Å². The summed E-state index contributed by atoms with van der Waals surface area (Å²) >= 11 is 0. The van der Waals surface area contributed by atoms with E-state index in [-0.39, 0.29) is 5.78 Å². The van der Waals surface area contributed by atoms with Crippen molar-refractivity contribution in [2.24, 2.45) is 0 Å². The van der Waals surface area contributed by atoms with Gasteiger partial charge in [-0.3, -0.25) is 9.89 Å². The molecule has 27 heavy (non-hydrogen) atoms. The van der Waals surface area contributed by atoms with Crippen molar-refractivity contribution in [3.05, 3.63) is 76.7 Å². The van der Waals surface area contributed by atoms with E-state index in [1.54, 1.807) is 24.3 Å². The molecule has 3 aromatic rings. The predicted molar refractivity (Wildman–Crippen MR) is 104 cm³/mol. The second-order valence-corrected chi connectivity index (χ2v) is 5.89. The summed E-state index contributed by atoms with van der Waals surface area (Å²) in [6, 6.07) is 13.9. The van der Waals surface area contributed by atoms with Crippen LogP contribution in [0.15, 0.2) is 54.1 Å². The lowest BCUT2D eigenvalue weighted by Crippen LogP contribution is -1.94. The molecule has 5 heteroatoms. The molecule has 0 saturated heterocycles. The highest BCUT2D eigenvalue weighted by Gasteiger charge is 2.24. The molecule has 1 aromatic heterocycles. The van der Waals surface area contributed by atoms with E-state index in [1.807, 2.05) is 38.1 Å². The number of benzene rings is 2. The Balaban J connectivity index is 0.00000102. The van der Waals surface area contributed by atoms with Gasteiger partial charge in [-0.2, -0.15) is 5.10 Å². The first kappa shape index (κ1) is 18.6. The third kappa shape index (κ3) is 3.67. The number of hydrogen-bond donors (Lipinski definition) is 1. The molecule has 1 heterocycles. The summed E-state index contributed by atoms with van der Waals surface area (Å²) in [5.41, 5.74) is 4.00. The van der Waals surface area contributed by atoms with E-state index in [1.165, 1.54) is 13.2 Å². The number of halogens is 1. The average Bonchev–Trinajstić information content (AvgIpc) is 3.29. The van der Waals surface area contributed by atoms with Crippen LogP contribution in [-0.2, 0) is 6.42 Å². The first-order chi connectivity index (χ1) is 13.2. The lowest BCUT2D eigenvalue weighted by atomic mass is 10.1. The lowest BCUT2D eigenvalue weighted by Gasteiger charge is -2.02. The minimum absolute atomic E-state index is 0.0300. The number of aromatic amines is 1. The fraction of sp³-hybridized carbons (Fsp3) is 0.182. The van der Waals surface area contributed by atoms with Crippen LogP contribution in [0.2, 0.25) is 0 Å². The fourth-order valence-electron chi connectivity index (χ4n) is 3.04. The van der Waals surface area contributed by atoms with Crippen LogP contribution in [0.25, 0.3) is 17.3 Å². The minimum Gasteiger partial charge on any atom is -0.497 e. The van der Waals surface area contributed by atoms with Crippen LogP contribution < -0.4 is 4.74 Å². The molecule has 1 aliphatic carbocycles. The quantitative estimate of drug-likeness (QED) is 0.660. The highest BCUT2D eigenvalue weighted by atomic mass is 19.1. The zero-order chi connectivity index (χ0) is 19.4. The van der Waals surface area contributed by atoms with Crippen LogP contribution in [0.4, 0.5) is 4.39 Å². The zero-order valence-corrected chi connectivity index (χ0v) is 15.5. The van der Waals surface area contributed by atoms with Crippen molar-refractivity contribution < 1.29 is 13.9 Å². The fourth-order valence-corrected chi connectivity index (χ4v) is 3.04. The number of H-pyrrole nitrogens is 1. The Morgan fingerprint density at radius 1 is 1.11 bits per heavy atom.